The number of carbonyl (C=O) groups excluding carboxylic acids is 1. The number of anilines is 1. The lowest BCUT2D eigenvalue weighted by molar-refractivity contribution is 0.0925. The second-order valence-corrected chi connectivity index (χ2v) is 5.95. The summed E-state index contributed by atoms with van der Waals surface area (Å²) in [5.41, 5.74) is 0.981. The number of pyridine rings is 1. The summed E-state index contributed by atoms with van der Waals surface area (Å²) < 4.78 is 7.08. The molecule has 0 atom stereocenters. The monoisotopic (exact) mass is 351 g/mol. The van der Waals surface area contributed by atoms with E-state index in [1.165, 1.54) is 10.6 Å². The van der Waals surface area contributed by atoms with Gasteiger partial charge in [0, 0.05) is 38.1 Å². The van der Waals surface area contributed by atoms with Crippen LogP contribution in [0.15, 0.2) is 76.1 Å². The van der Waals surface area contributed by atoms with Crippen molar-refractivity contribution in [1.29, 1.82) is 0 Å². The number of para-hydroxylation sites is 1. The van der Waals surface area contributed by atoms with E-state index in [4.69, 9.17) is 4.42 Å². The molecule has 0 saturated heterocycles. The van der Waals surface area contributed by atoms with Crippen molar-refractivity contribution in [3.63, 3.8) is 0 Å². The minimum atomic E-state index is -0.266. The molecule has 0 aliphatic heterocycles. The Bertz CT molecular complexity index is 915. The first-order chi connectivity index (χ1) is 12.6. The van der Waals surface area contributed by atoms with Crippen LogP contribution in [-0.4, -0.2) is 30.6 Å². The van der Waals surface area contributed by atoms with Gasteiger partial charge in [-0.25, -0.2) is 0 Å². The number of nitrogens with one attached hydrogen (secondary N) is 1. The Kier molecular flexibility index (Phi) is 5.53. The van der Waals surface area contributed by atoms with E-state index in [2.05, 4.69) is 10.2 Å². The molecule has 0 radical (unpaired) electrons. The number of hydrogen-bond acceptors (Lipinski definition) is 4. The highest BCUT2D eigenvalue weighted by Crippen LogP contribution is 2.11. The number of nitrogens with zero attached hydrogens (tertiary/aromatic N) is 2. The summed E-state index contributed by atoms with van der Waals surface area (Å²) in [4.78, 5) is 26.0. The summed E-state index contributed by atoms with van der Waals surface area (Å²) in [6.45, 7) is 1.48. The first-order valence-electron chi connectivity index (χ1n) is 8.42. The van der Waals surface area contributed by atoms with Crippen LogP contribution in [-0.2, 0) is 6.54 Å². The van der Waals surface area contributed by atoms with Gasteiger partial charge < -0.3 is 19.2 Å². The maximum atomic E-state index is 12.2. The highest BCUT2D eigenvalue weighted by molar-refractivity contribution is 5.91. The molecule has 0 saturated carbocycles. The molecule has 0 aliphatic carbocycles. The Morgan fingerprint density at radius 1 is 1.08 bits per heavy atom. The average Bonchev–Trinajstić information content (AvgIpc) is 3.13. The molecule has 134 valence electrons. The van der Waals surface area contributed by atoms with Crippen LogP contribution in [0.3, 0.4) is 0 Å². The van der Waals surface area contributed by atoms with Crippen molar-refractivity contribution in [3.05, 3.63) is 88.7 Å². The van der Waals surface area contributed by atoms with Crippen molar-refractivity contribution >= 4 is 11.6 Å². The summed E-state index contributed by atoms with van der Waals surface area (Å²) >= 11 is 0. The van der Waals surface area contributed by atoms with Crippen molar-refractivity contribution in [1.82, 2.24) is 9.88 Å². The molecule has 0 aliphatic rings. The summed E-state index contributed by atoms with van der Waals surface area (Å²) in [5, 5.41) is 2.85. The molecule has 0 fully saturated rings. The molecule has 1 amide bonds. The Morgan fingerprint density at radius 3 is 2.62 bits per heavy atom. The molecule has 6 heteroatoms. The zero-order valence-corrected chi connectivity index (χ0v) is 14.6. The van der Waals surface area contributed by atoms with Crippen molar-refractivity contribution in [2.24, 2.45) is 0 Å². The fraction of sp³-hybridized carbons (Fsp3) is 0.200. The van der Waals surface area contributed by atoms with Gasteiger partial charge in [-0.2, -0.15) is 0 Å². The first kappa shape index (κ1) is 17.5. The predicted molar refractivity (Wildman–Crippen MR) is 101 cm³/mol. The quantitative estimate of drug-likeness (QED) is 0.710. The highest BCUT2D eigenvalue weighted by Gasteiger charge is 2.11. The van der Waals surface area contributed by atoms with Crippen LogP contribution >= 0.6 is 0 Å². The van der Waals surface area contributed by atoms with Crippen LogP contribution < -0.4 is 15.8 Å². The maximum Gasteiger partial charge on any atom is 0.287 e. The SMILES string of the molecule is CN(CCNC(=O)c1ccc(Cn2ccccc2=O)o1)c1ccccc1. The van der Waals surface area contributed by atoms with Crippen LogP contribution in [0.1, 0.15) is 16.3 Å². The number of furan rings is 1. The number of rotatable bonds is 7. The van der Waals surface area contributed by atoms with E-state index in [1.807, 2.05) is 37.4 Å². The Hall–Kier alpha value is -3.28. The number of aromatic nitrogens is 1. The molecule has 3 aromatic rings. The van der Waals surface area contributed by atoms with E-state index in [9.17, 15) is 9.59 Å². The van der Waals surface area contributed by atoms with Crippen molar-refractivity contribution < 1.29 is 9.21 Å². The van der Waals surface area contributed by atoms with Gasteiger partial charge >= 0.3 is 0 Å². The molecular formula is C20H21N3O3. The number of hydrogen-bond donors (Lipinski definition) is 1. The van der Waals surface area contributed by atoms with Crippen LogP contribution in [0, 0.1) is 0 Å². The van der Waals surface area contributed by atoms with Gasteiger partial charge in [0.25, 0.3) is 11.5 Å². The number of benzene rings is 1. The van der Waals surface area contributed by atoms with Gasteiger partial charge in [0.1, 0.15) is 5.76 Å². The molecule has 6 nitrogen and oxygen atoms in total. The van der Waals surface area contributed by atoms with E-state index in [0.717, 1.165) is 5.69 Å². The second-order valence-electron chi connectivity index (χ2n) is 5.95. The lowest BCUT2D eigenvalue weighted by atomic mass is 10.3. The third-order valence-electron chi connectivity index (χ3n) is 4.04. The highest BCUT2D eigenvalue weighted by atomic mass is 16.4. The van der Waals surface area contributed by atoms with Gasteiger partial charge in [-0.1, -0.05) is 24.3 Å². The van der Waals surface area contributed by atoms with E-state index in [-0.39, 0.29) is 17.2 Å². The maximum absolute atomic E-state index is 12.2. The predicted octanol–water partition coefficient (Wildman–Crippen LogP) is 2.36. The molecule has 2 heterocycles. The standard InChI is InChI=1S/C20H21N3O3/c1-22(16-7-3-2-4-8-16)14-12-21-20(25)18-11-10-17(26-18)15-23-13-6-5-9-19(23)24/h2-11,13H,12,14-15H2,1H3,(H,21,25). The fourth-order valence-electron chi connectivity index (χ4n) is 2.58. The molecule has 1 N–H and O–H groups in total. The van der Waals surface area contributed by atoms with Crippen LogP contribution in [0.4, 0.5) is 5.69 Å². The van der Waals surface area contributed by atoms with Crippen LogP contribution in [0.2, 0.25) is 0 Å². The van der Waals surface area contributed by atoms with Gasteiger partial charge in [0.05, 0.1) is 6.54 Å². The third kappa shape index (κ3) is 4.42. The number of carbonyl (C=O) groups is 1. The topological polar surface area (TPSA) is 67.5 Å². The van der Waals surface area contributed by atoms with Gasteiger partial charge in [0.15, 0.2) is 5.76 Å². The zero-order valence-electron chi connectivity index (χ0n) is 14.6. The average molecular weight is 351 g/mol. The smallest absolute Gasteiger partial charge is 0.287 e. The number of likely N-dealkylation sites (N-methyl/N-ethyl adjacent to an activating group) is 1. The molecule has 3 rings (SSSR count). The summed E-state index contributed by atoms with van der Waals surface area (Å²) in [6.07, 6.45) is 1.68. The molecule has 0 spiro atoms. The Balaban J connectivity index is 1.52. The number of amides is 1. The van der Waals surface area contributed by atoms with Crippen LogP contribution in [0.25, 0.3) is 0 Å². The minimum Gasteiger partial charge on any atom is -0.454 e. The van der Waals surface area contributed by atoms with Gasteiger partial charge in [-0.05, 0) is 30.3 Å². The molecular weight excluding hydrogens is 330 g/mol. The second kappa shape index (κ2) is 8.20. The van der Waals surface area contributed by atoms with E-state index < -0.39 is 0 Å². The first-order valence-corrected chi connectivity index (χ1v) is 8.42. The van der Waals surface area contributed by atoms with Crippen LogP contribution in [0.5, 0.6) is 0 Å². The van der Waals surface area contributed by atoms with E-state index >= 15 is 0 Å². The van der Waals surface area contributed by atoms with E-state index in [1.54, 1.807) is 30.5 Å². The molecule has 0 unspecified atom stereocenters. The lowest BCUT2D eigenvalue weighted by Crippen LogP contribution is -2.32. The molecule has 26 heavy (non-hydrogen) atoms. The van der Waals surface area contributed by atoms with E-state index in [0.29, 0.717) is 25.4 Å². The Morgan fingerprint density at radius 2 is 1.85 bits per heavy atom. The normalized spacial score (nSPS) is 10.5. The molecule has 0 bridgehead atoms. The largest absolute Gasteiger partial charge is 0.454 e. The summed E-state index contributed by atoms with van der Waals surface area (Å²) in [6, 6.07) is 18.3. The van der Waals surface area contributed by atoms with Crippen molar-refractivity contribution in [3.8, 4) is 0 Å². The fourth-order valence-corrected chi connectivity index (χ4v) is 2.58. The summed E-state index contributed by atoms with van der Waals surface area (Å²) in [5.74, 6) is 0.536. The van der Waals surface area contributed by atoms with Gasteiger partial charge in [0.2, 0.25) is 0 Å². The van der Waals surface area contributed by atoms with Crippen molar-refractivity contribution in [2.75, 3.05) is 25.0 Å². The summed E-state index contributed by atoms with van der Waals surface area (Å²) in [7, 11) is 1.98. The minimum absolute atomic E-state index is 0.112. The third-order valence-corrected chi connectivity index (χ3v) is 4.04. The zero-order chi connectivity index (χ0) is 18.4. The lowest BCUT2D eigenvalue weighted by Gasteiger charge is -2.19. The molecule has 1 aromatic carbocycles. The van der Waals surface area contributed by atoms with Gasteiger partial charge in [-0.3, -0.25) is 9.59 Å². The molecule has 2 aromatic heterocycles. The Labute approximate surface area is 151 Å². The van der Waals surface area contributed by atoms with Crippen molar-refractivity contribution in [2.45, 2.75) is 6.54 Å². The van der Waals surface area contributed by atoms with Gasteiger partial charge in [-0.15, -0.1) is 0 Å².